The average Bonchev–Trinajstić information content (AvgIpc) is 2.51. The number of ether oxygens (including phenoxy) is 1. The molecule has 0 aromatic heterocycles. The van der Waals surface area contributed by atoms with E-state index in [2.05, 4.69) is 0 Å². The summed E-state index contributed by atoms with van der Waals surface area (Å²) in [5, 5.41) is 10.9. The van der Waals surface area contributed by atoms with E-state index in [1.807, 2.05) is 0 Å². The second kappa shape index (κ2) is 8.17. The highest BCUT2D eigenvalue weighted by molar-refractivity contribution is 6.04. The van der Waals surface area contributed by atoms with Gasteiger partial charge in [0.05, 0.1) is 17.4 Å². The Morgan fingerprint density at radius 2 is 1.91 bits per heavy atom. The molecule has 0 radical (unpaired) electrons. The highest BCUT2D eigenvalue weighted by atomic mass is 16.6. The maximum atomic E-state index is 12.3. The minimum atomic E-state index is -1.30. The number of ketones is 2. The van der Waals surface area contributed by atoms with Gasteiger partial charge in [-0.25, -0.2) is 0 Å². The number of nitro groups is 1. The van der Waals surface area contributed by atoms with Crippen molar-refractivity contribution < 1.29 is 24.0 Å². The molecule has 0 saturated heterocycles. The van der Waals surface area contributed by atoms with Crippen molar-refractivity contribution in [1.29, 1.82) is 0 Å². The molecule has 0 N–H and O–H groups in total. The van der Waals surface area contributed by atoms with Crippen molar-refractivity contribution in [2.45, 2.75) is 33.1 Å². The molecule has 0 aliphatic rings. The van der Waals surface area contributed by atoms with Crippen molar-refractivity contribution in [3.05, 3.63) is 39.9 Å². The molecular weight excluding hydrogens is 302 g/mol. The average molecular weight is 321 g/mol. The normalized spacial score (nSPS) is 13.0. The summed E-state index contributed by atoms with van der Waals surface area (Å²) in [7, 11) is 0. The number of esters is 1. The summed E-state index contributed by atoms with van der Waals surface area (Å²) in [6.07, 6.45) is 0.0938. The summed E-state index contributed by atoms with van der Waals surface area (Å²) >= 11 is 0. The van der Waals surface area contributed by atoms with Gasteiger partial charge in [0.1, 0.15) is 17.5 Å². The third-order valence-corrected chi connectivity index (χ3v) is 3.45. The summed E-state index contributed by atoms with van der Waals surface area (Å²) in [6, 6.07) is 5.42. The van der Waals surface area contributed by atoms with Crippen molar-refractivity contribution in [2.75, 3.05) is 6.61 Å². The molecule has 124 valence electrons. The molecule has 7 heteroatoms. The van der Waals surface area contributed by atoms with Crippen LogP contribution in [-0.2, 0) is 19.1 Å². The minimum Gasteiger partial charge on any atom is -0.465 e. The molecule has 0 aliphatic carbocycles. The predicted octanol–water partition coefficient (Wildman–Crippen LogP) is 2.43. The lowest BCUT2D eigenvalue weighted by Crippen LogP contribution is -2.34. The van der Waals surface area contributed by atoms with E-state index < -0.39 is 28.5 Å². The first-order chi connectivity index (χ1) is 10.8. The largest absolute Gasteiger partial charge is 0.465 e. The molecular formula is C16H19NO6. The standard InChI is InChI=1S/C16H19NO6/c1-4-13(19)15(14(10(3)18)16(20)23-5-2)11-7-6-8-12(9-11)17(21)22/h6-9,14-15H,4-5H2,1-3H3. The second-order valence-electron chi connectivity index (χ2n) is 4.99. The maximum Gasteiger partial charge on any atom is 0.317 e. The van der Waals surface area contributed by atoms with Crippen molar-refractivity contribution in [3.8, 4) is 0 Å². The van der Waals surface area contributed by atoms with E-state index in [9.17, 15) is 24.5 Å². The first-order valence-electron chi connectivity index (χ1n) is 7.27. The van der Waals surface area contributed by atoms with Crippen molar-refractivity contribution in [1.82, 2.24) is 0 Å². The Labute approximate surface area is 133 Å². The van der Waals surface area contributed by atoms with Gasteiger partial charge in [0.15, 0.2) is 0 Å². The van der Waals surface area contributed by atoms with Gasteiger partial charge in [0.25, 0.3) is 5.69 Å². The molecule has 0 heterocycles. The van der Waals surface area contributed by atoms with E-state index in [4.69, 9.17) is 4.74 Å². The van der Waals surface area contributed by atoms with E-state index in [1.165, 1.54) is 31.2 Å². The molecule has 0 fully saturated rings. The van der Waals surface area contributed by atoms with Crippen LogP contribution < -0.4 is 0 Å². The zero-order valence-corrected chi connectivity index (χ0v) is 13.3. The van der Waals surface area contributed by atoms with E-state index in [0.29, 0.717) is 0 Å². The molecule has 1 rings (SSSR count). The van der Waals surface area contributed by atoms with Crippen LogP contribution in [0.1, 0.15) is 38.7 Å². The summed E-state index contributed by atoms with van der Waals surface area (Å²) in [5.41, 5.74) is 0.0573. The third kappa shape index (κ3) is 4.45. The number of benzene rings is 1. The van der Waals surface area contributed by atoms with Crippen LogP contribution in [0.4, 0.5) is 5.69 Å². The SMILES string of the molecule is CCOC(=O)C(C(C)=O)C(C(=O)CC)c1cccc([N+](=O)[O-])c1. The van der Waals surface area contributed by atoms with E-state index in [0.717, 1.165) is 0 Å². The third-order valence-electron chi connectivity index (χ3n) is 3.45. The summed E-state index contributed by atoms with van der Waals surface area (Å²) in [5.74, 6) is -4.04. The molecule has 1 aromatic carbocycles. The Kier molecular flexibility index (Phi) is 6.56. The highest BCUT2D eigenvalue weighted by Crippen LogP contribution is 2.31. The van der Waals surface area contributed by atoms with Crippen LogP contribution in [0.25, 0.3) is 0 Å². The van der Waals surface area contributed by atoms with Gasteiger partial charge in [-0.2, -0.15) is 0 Å². The minimum absolute atomic E-state index is 0.0740. The van der Waals surface area contributed by atoms with Crippen molar-refractivity contribution >= 4 is 23.2 Å². The number of nitrogens with zero attached hydrogens (tertiary/aromatic N) is 1. The number of non-ortho nitro benzene ring substituents is 1. The molecule has 23 heavy (non-hydrogen) atoms. The van der Waals surface area contributed by atoms with Gasteiger partial charge >= 0.3 is 5.97 Å². The Hall–Kier alpha value is -2.57. The van der Waals surface area contributed by atoms with E-state index in [-0.39, 0.29) is 30.1 Å². The number of Topliss-reactive ketones (excluding diaryl/α,β-unsaturated/α-hetero) is 2. The molecule has 7 nitrogen and oxygen atoms in total. The fourth-order valence-corrected chi connectivity index (χ4v) is 2.38. The predicted molar refractivity (Wildman–Crippen MR) is 81.9 cm³/mol. The lowest BCUT2D eigenvalue weighted by Gasteiger charge is -2.22. The summed E-state index contributed by atoms with van der Waals surface area (Å²) in [4.78, 5) is 46.7. The number of carbonyl (C=O) groups excluding carboxylic acids is 3. The summed E-state index contributed by atoms with van der Waals surface area (Å²) < 4.78 is 4.89. The van der Waals surface area contributed by atoms with Crippen LogP contribution in [0.5, 0.6) is 0 Å². The van der Waals surface area contributed by atoms with E-state index >= 15 is 0 Å². The molecule has 2 unspecified atom stereocenters. The Morgan fingerprint density at radius 3 is 2.39 bits per heavy atom. The van der Waals surface area contributed by atoms with Crippen LogP contribution in [0.2, 0.25) is 0 Å². The molecule has 0 amide bonds. The Balaban J connectivity index is 3.40. The molecule has 2 atom stereocenters. The topological polar surface area (TPSA) is 104 Å². The van der Waals surface area contributed by atoms with Crippen LogP contribution >= 0.6 is 0 Å². The van der Waals surface area contributed by atoms with Gasteiger partial charge in [0, 0.05) is 18.6 Å². The quantitative estimate of drug-likeness (QED) is 0.315. The highest BCUT2D eigenvalue weighted by Gasteiger charge is 2.39. The van der Waals surface area contributed by atoms with Gasteiger partial charge in [-0.05, 0) is 19.4 Å². The lowest BCUT2D eigenvalue weighted by molar-refractivity contribution is -0.384. The first kappa shape index (κ1) is 18.5. The monoisotopic (exact) mass is 321 g/mol. The van der Waals surface area contributed by atoms with Crippen molar-refractivity contribution in [3.63, 3.8) is 0 Å². The second-order valence-corrected chi connectivity index (χ2v) is 4.99. The van der Waals surface area contributed by atoms with Crippen LogP contribution in [0, 0.1) is 16.0 Å². The molecule has 0 aliphatic heterocycles. The van der Waals surface area contributed by atoms with Gasteiger partial charge in [0.2, 0.25) is 0 Å². The zero-order chi connectivity index (χ0) is 17.6. The number of hydrogen-bond acceptors (Lipinski definition) is 6. The van der Waals surface area contributed by atoms with Crippen LogP contribution in [-0.4, -0.2) is 29.1 Å². The van der Waals surface area contributed by atoms with Crippen molar-refractivity contribution in [2.24, 2.45) is 5.92 Å². The van der Waals surface area contributed by atoms with Gasteiger partial charge in [-0.15, -0.1) is 0 Å². The fraction of sp³-hybridized carbons (Fsp3) is 0.438. The number of rotatable bonds is 8. The number of carbonyl (C=O) groups is 3. The fourth-order valence-electron chi connectivity index (χ4n) is 2.38. The number of hydrogen-bond donors (Lipinski definition) is 0. The van der Waals surface area contributed by atoms with Gasteiger partial charge in [-0.3, -0.25) is 24.5 Å². The lowest BCUT2D eigenvalue weighted by atomic mass is 9.79. The Bertz CT molecular complexity index is 625. The molecule has 1 aromatic rings. The van der Waals surface area contributed by atoms with Gasteiger partial charge < -0.3 is 4.74 Å². The van der Waals surface area contributed by atoms with Crippen LogP contribution in [0.15, 0.2) is 24.3 Å². The molecule has 0 spiro atoms. The number of nitro benzene ring substituents is 1. The first-order valence-corrected chi connectivity index (χ1v) is 7.27. The molecule has 0 saturated carbocycles. The Morgan fingerprint density at radius 1 is 1.26 bits per heavy atom. The maximum absolute atomic E-state index is 12.3. The smallest absolute Gasteiger partial charge is 0.317 e. The van der Waals surface area contributed by atoms with Gasteiger partial charge in [-0.1, -0.05) is 19.1 Å². The van der Waals surface area contributed by atoms with E-state index in [1.54, 1.807) is 13.8 Å². The summed E-state index contributed by atoms with van der Waals surface area (Å²) in [6.45, 7) is 4.48. The zero-order valence-electron chi connectivity index (χ0n) is 13.3. The van der Waals surface area contributed by atoms with Crippen LogP contribution in [0.3, 0.4) is 0 Å². The molecule has 0 bridgehead atoms.